The van der Waals surface area contributed by atoms with Gasteiger partial charge >= 0.3 is 0 Å². The first-order chi connectivity index (χ1) is 9.76. The van der Waals surface area contributed by atoms with Crippen LogP contribution in [0.1, 0.15) is 25.3 Å². The van der Waals surface area contributed by atoms with Gasteiger partial charge in [0, 0.05) is 18.2 Å². The van der Waals surface area contributed by atoms with E-state index in [1.54, 1.807) is 0 Å². The van der Waals surface area contributed by atoms with Crippen molar-refractivity contribution in [3.63, 3.8) is 0 Å². The molecule has 1 aromatic carbocycles. The maximum absolute atomic E-state index is 12.8. The fourth-order valence-electron chi connectivity index (χ4n) is 2.66. The van der Waals surface area contributed by atoms with Crippen LogP contribution in [-0.4, -0.2) is 30.4 Å². The molecule has 2 rings (SSSR count). The van der Waals surface area contributed by atoms with Gasteiger partial charge in [-0.2, -0.15) is 4.31 Å². The molecule has 2 atom stereocenters. The van der Waals surface area contributed by atoms with E-state index in [1.165, 1.54) is 29.4 Å². The maximum atomic E-state index is 12.8. The molecule has 2 unspecified atom stereocenters. The Kier molecular flexibility index (Phi) is 4.31. The second-order valence-corrected chi connectivity index (χ2v) is 7.24. The SMILES string of the molecule is Cc1c([N+](=O)[O-])cccc1S(=O)(=O)N1CCCC(C)C1N. The van der Waals surface area contributed by atoms with Gasteiger partial charge in [0.2, 0.25) is 10.0 Å². The predicted octanol–water partition coefficient (Wildman–Crippen LogP) is 1.61. The normalized spacial score (nSPS) is 24.0. The Balaban J connectivity index is 2.50. The molecule has 0 amide bonds. The number of rotatable bonds is 3. The van der Waals surface area contributed by atoms with Crippen LogP contribution in [0.2, 0.25) is 0 Å². The topological polar surface area (TPSA) is 107 Å². The number of sulfonamides is 1. The first-order valence-electron chi connectivity index (χ1n) is 6.78. The molecule has 1 fully saturated rings. The molecule has 7 nitrogen and oxygen atoms in total. The second-order valence-electron chi connectivity index (χ2n) is 5.38. The van der Waals surface area contributed by atoms with Gasteiger partial charge in [0.1, 0.15) is 0 Å². The predicted molar refractivity (Wildman–Crippen MR) is 78.1 cm³/mol. The lowest BCUT2D eigenvalue weighted by atomic mass is 9.99. The lowest BCUT2D eigenvalue weighted by Gasteiger charge is -2.36. The highest BCUT2D eigenvalue weighted by Gasteiger charge is 2.36. The number of nitro groups is 1. The van der Waals surface area contributed by atoms with Crippen LogP contribution in [0.4, 0.5) is 5.69 Å². The Hall–Kier alpha value is -1.51. The Bertz CT molecular complexity index is 659. The van der Waals surface area contributed by atoms with Crippen molar-refractivity contribution in [3.05, 3.63) is 33.9 Å². The van der Waals surface area contributed by atoms with Crippen LogP contribution in [0.25, 0.3) is 0 Å². The highest BCUT2D eigenvalue weighted by atomic mass is 32.2. The molecule has 0 spiro atoms. The summed E-state index contributed by atoms with van der Waals surface area (Å²) in [5, 5.41) is 11.0. The number of nitrogens with zero attached hydrogens (tertiary/aromatic N) is 2. The fourth-order valence-corrected chi connectivity index (χ4v) is 4.55. The number of piperidine rings is 1. The van der Waals surface area contributed by atoms with Crippen LogP contribution in [-0.2, 0) is 10.0 Å². The standard InChI is InChI=1S/C13H19N3O4S/c1-9-5-4-8-15(13(9)14)21(19,20)12-7-3-6-11(10(12)2)16(17)18/h3,6-7,9,13H,4-5,8,14H2,1-2H3. The second kappa shape index (κ2) is 5.70. The fraction of sp³-hybridized carbons (Fsp3) is 0.538. The first kappa shape index (κ1) is 15.9. The smallest absolute Gasteiger partial charge is 0.273 e. The number of hydrogen-bond donors (Lipinski definition) is 1. The third kappa shape index (κ3) is 2.78. The Morgan fingerprint density at radius 2 is 2.10 bits per heavy atom. The van der Waals surface area contributed by atoms with Crippen molar-refractivity contribution in [2.75, 3.05) is 6.54 Å². The van der Waals surface area contributed by atoms with Crippen LogP contribution >= 0.6 is 0 Å². The zero-order valence-corrected chi connectivity index (χ0v) is 12.8. The molecule has 116 valence electrons. The summed E-state index contributed by atoms with van der Waals surface area (Å²) in [6, 6.07) is 4.08. The molecule has 1 aliphatic heterocycles. The maximum Gasteiger partial charge on any atom is 0.273 e. The molecule has 2 N–H and O–H groups in total. The van der Waals surface area contributed by atoms with Gasteiger partial charge in [-0.15, -0.1) is 0 Å². The highest BCUT2D eigenvalue weighted by molar-refractivity contribution is 7.89. The Morgan fingerprint density at radius 1 is 1.43 bits per heavy atom. The molecule has 0 aromatic heterocycles. The Labute approximate surface area is 123 Å². The minimum Gasteiger partial charge on any atom is -0.315 e. The van der Waals surface area contributed by atoms with E-state index in [0.29, 0.717) is 6.54 Å². The van der Waals surface area contributed by atoms with E-state index in [1.807, 2.05) is 6.92 Å². The van der Waals surface area contributed by atoms with Gasteiger partial charge in [-0.25, -0.2) is 8.42 Å². The zero-order chi connectivity index (χ0) is 15.8. The molecular weight excluding hydrogens is 294 g/mol. The molecule has 21 heavy (non-hydrogen) atoms. The van der Waals surface area contributed by atoms with Gasteiger partial charge in [0.15, 0.2) is 0 Å². The van der Waals surface area contributed by atoms with E-state index < -0.39 is 21.1 Å². The summed E-state index contributed by atoms with van der Waals surface area (Å²) < 4.78 is 26.8. The van der Waals surface area contributed by atoms with E-state index in [0.717, 1.165) is 12.8 Å². The molecule has 8 heteroatoms. The van der Waals surface area contributed by atoms with E-state index in [2.05, 4.69) is 0 Å². The molecule has 0 saturated carbocycles. The molecule has 1 heterocycles. The van der Waals surface area contributed by atoms with Crippen LogP contribution < -0.4 is 5.73 Å². The van der Waals surface area contributed by atoms with Crippen LogP contribution in [0.15, 0.2) is 23.1 Å². The zero-order valence-electron chi connectivity index (χ0n) is 12.0. The van der Waals surface area contributed by atoms with E-state index in [-0.39, 0.29) is 22.1 Å². The first-order valence-corrected chi connectivity index (χ1v) is 8.22. The van der Waals surface area contributed by atoms with Crippen molar-refractivity contribution in [2.24, 2.45) is 11.7 Å². The average Bonchev–Trinajstić information content (AvgIpc) is 2.41. The van der Waals surface area contributed by atoms with Crippen molar-refractivity contribution in [1.82, 2.24) is 4.31 Å². The summed E-state index contributed by atoms with van der Waals surface area (Å²) in [5.41, 5.74) is 5.95. The van der Waals surface area contributed by atoms with Crippen molar-refractivity contribution in [2.45, 2.75) is 37.8 Å². The third-order valence-corrected chi connectivity index (χ3v) is 6.03. The van der Waals surface area contributed by atoms with E-state index in [4.69, 9.17) is 5.73 Å². The lowest BCUT2D eigenvalue weighted by molar-refractivity contribution is -0.385. The number of benzene rings is 1. The third-order valence-electron chi connectivity index (χ3n) is 3.99. The monoisotopic (exact) mass is 313 g/mol. The van der Waals surface area contributed by atoms with Crippen molar-refractivity contribution >= 4 is 15.7 Å². The minimum absolute atomic E-state index is 0.0405. The van der Waals surface area contributed by atoms with Gasteiger partial charge < -0.3 is 5.73 Å². The largest absolute Gasteiger partial charge is 0.315 e. The summed E-state index contributed by atoms with van der Waals surface area (Å²) >= 11 is 0. The lowest BCUT2D eigenvalue weighted by Crippen LogP contribution is -2.52. The minimum atomic E-state index is -3.83. The summed E-state index contributed by atoms with van der Waals surface area (Å²) in [5.74, 6) is 0.0625. The van der Waals surface area contributed by atoms with Crippen LogP contribution in [0.3, 0.4) is 0 Å². The van der Waals surface area contributed by atoms with Gasteiger partial charge in [-0.1, -0.05) is 13.0 Å². The summed E-state index contributed by atoms with van der Waals surface area (Å²) in [4.78, 5) is 10.3. The van der Waals surface area contributed by atoms with E-state index in [9.17, 15) is 18.5 Å². The molecule has 0 aliphatic carbocycles. The quantitative estimate of drug-likeness (QED) is 0.674. The number of nitro benzene ring substituents is 1. The average molecular weight is 313 g/mol. The molecule has 0 bridgehead atoms. The van der Waals surface area contributed by atoms with Gasteiger partial charge in [-0.05, 0) is 31.7 Å². The molecule has 1 saturated heterocycles. The molecular formula is C13H19N3O4S. The molecule has 1 aromatic rings. The summed E-state index contributed by atoms with van der Waals surface area (Å²) in [6.45, 7) is 3.70. The van der Waals surface area contributed by atoms with Gasteiger partial charge in [-0.3, -0.25) is 10.1 Å². The van der Waals surface area contributed by atoms with Crippen LogP contribution in [0.5, 0.6) is 0 Å². The summed E-state index contributed by atoms with van der Waals surface area (Å²) in [6.07, 6.45) is 1.02. The van der Waals surface area contributed by atoms with Crippen LogP contribution in [0, 0.1) is 23.0 Å². The highest BCUT2D eigenvalue weighted by Crippen LogP contribution is 2.31. The molecule has 0 radical (unpaired) electrons. The van der Waals surface area contributed by atoms with E-state index >= 15 is 0 Å². The number of nitrogens with two attached hydrogens (primary N) is 1. The van der Waals surface area contributed by atoms with Gasteiger partial charge in [0.25, 0.3) is 5.69 Å². The summed E-state index contributed by atoms with van der Waals surface area (Å²) in [7, 11) is -3.83. The van der Waals surface area contributed by atoms with Crippen molar-refractivity contribution < 1.29 is 13.3 Å². The van der Waals surface area contributed by atoms with Gasteiger partial charge in [0.05, 0.1) is 16.0 Å². The van der Waals surface area contributed by atoms with Crippen molar-refractivity contribution in [3.8, 4) is 0 Å². The van der Waals surface area contributed by atoms with Crippen molar-refractivity contribution in [1.29, 1.82) is 0 Å². The number of hydrogen-bond acceptors (Lipinski definition) is 5. The Morgan fingerprint density at radius 3 is 2.71 bits per heavy atom. The molecule has 1 aliphatic rings.